The lowest BCUT2D eigenvalue weighted by atomic mass is 9.87. The molecule has 2 N–H and O–H groups in total. The monoisotopic (exact) mass is 248 g/mol. The van der Waals surface area contributed by atoms with E-state index in [4.69, 9.17) is 0 Å². The molecule has 100 valence electrons. The number of hydrogen-bond donors (Lipinski definition) is 2. The number of aromatic amines is 1. The normalized spacial score (nSPS) is 23.3. The van der Waals surface area contributed by atoms with Crippen molar-refractivity contribution in [3.63, 3.8) is 0 Å². The Morgan fingerprint density at radius 1 is 1.17 bits per heavy atom. The lowest BCUT2D eigenvalue weighted by molar-refractivity contribution is 0.228. The smallest absolute Gasteiger partial charge is 0.120 e. The molecule has 1 aliphatic carbocycles. The summed E-state index contributed by atoms with van der Waals surface area (Å²) in [6.07, 6.45) is 8.95. The molecule has 3 rings (SSSR count). The molecule has 0 amide bonds. The number of piperazine rings is 1. The summed E-state index contributed by atoms with van der Waals surface area (Å²) < 4.78 is 0. The standard InChI is InChI=1S/C14H24N4/c1-2-4-12(5-3-1)13-10-16-14(17-13)11-18-8-6-15-7-9-18/h10,12,15H,1-9,11H2,(H,16,17). The van der Waals surface area contributed by atoms with Gasteiger partial charge in [0.2, 0.25) is 0 Å². The van der Waals surface area contributed by atoms with Crippen LogP contribution in [0.2, 0.25) is 0 Å². The van der Waals surface area contributed by atoms with Crippen LogP contribution in [0.15, 0.2) is 6.20 Å². The third-order valence-electron chi connectivity index (χ3n) is 4.28. The van der Waals surface area contributed by atoms with Crippen LogP contribution in [0.4, 0.5) is 0 Å². The first kappa shape index (κ1) is 12.2. The number of H-pyrrole nitrogens is 1. The van der Waals surface area contributed by atoms with Gasteiger partial charge in [0.25, 0.3) is 0 Å². The van der Waals surface area contributed by atoms with Crippen LogP contribution in [-0.2, 0) is 6.54 Å². The second-order valence-electron chi connectivity index (χ2n) is 5.65. The minimum atomic E-state index is 0.739. The molecule has 1 saturated heterocycles. The highest BCUT2D eigenvalue weighted by Gasteiger charge is 2.18. The second kappa shape index (κ2) is 5.85. The van der Waals surface area contributed by atoms with Crippen LogP contribution in [0.3, 0.4) is 0 Å². The molecular weight excluding hydrogens is 224 g/mol. The molecule has 4 heteroatoms. The number of nitrogens with zero attached hydrogens (tertiary/aromatic N) is 2. The summed E-state index contributed by atoms with van der Waals surface area (Å²) in [5, 5.41) is 3.39. The average Bonchev–Trinajstić information content (AvgIpc) is 2.89. The van der Waals surface area contributed by atoms with E-state index in [-0.39, 0.29) is 0 Å². The lowest BCUT2D eigenvalue weighted by Crippen LogP contribution is -2.43. The first-order chi connectivity index (χ1) is 8.92. The summed E-state index contributed by atoms with van der Waals surface area (Å²) >= 11 is 0. The number of nitrogens with one attached hydrogen (secondary N) is 2. The molecule has 4 nitrogen and oxygen atoms in total. The predicted molar refractivity (Wildman–Crippen MR) is 72.6 cm³/mol. The summed E-state index contributed by atoms with van der Waals surface area (Å²) in [5.41, 5.74) is 1.37. The van der Waals surface area contributed by atoms with E-state index >= 15 is 0 Å². The Hall–Kier alpha value is -0.870. The summed E-state index contributed by atoms with van der Waals surface area (Å²) in [7, 11) is 0. The molecular formula is C14H24N4. The van der Waals surface area contributed by atoms with Crippen LogP contribution in [0.1, 0.15) is 49.5 Å². The van der Waals surface area contributed by atoms with E-state index in [2.05, 4.69) is 26.4 Å². The second-order valence-corrected chi connectivity index (χ2v) is 5.65. The zero-order valence-electron chi connectivity index (χ0n) is 11.1. The van der Waals surface area contributed by atoms with Gasteiger partial charge in [-0.1, -0.05) is 19.3 Å². The van der Waals surface area contributed by atoms with Crippen LogP contribution >= 0.6 is 0 Å². The fourth-order valence-electron chi connectivity index (χ4n) is 3.16. The molecule has 0 atom stereocenters. The predicted octanol–water partition coefficient (Wildman–Crippen LogP) is 1.86. The fraction of sp³-hybridized carbons (Fsp3) is 0.786. The highest BCUT2D eigenvalue weighted by molar-refractivity contribution is 5.08. The summed E-state index contributed by atoms with van der Waals surface area (Å²) in [4.78, 5) is 10.6. The Labute approximate surface area is 109 Å². The Kier molecular flexibility index (Phi) is 3.96. The topological polar surface area (TPSA) is 44.0 Å². The maximum Gasteiger partial charge on any atom is 0.120 e. The third-order valence-corrected chi connectivity index (χ3v) is 4.28. The molecule has 0 radical (unpaired) electrons. The average molecular weight is 248 g/mol. The number of aromatic nitrogens is 2. The van der Waals surface area contributed by atoms with Crippen LogP contribution in [0.5, 0.6) is 0 Å². The van der Waals surface area contributed by atoms with Crippen LogP contribution in [0.25, 0.3) is 0 Å². The number of hydrogen-bond acceptors (Lipinski definition) is 3. The Balaban J connectivity index is 1.58. The largest absolute Gasteiger partial charge is 0.345 e. The van der Waals surface area contributed by atoms with E-state index in [1.54, 1.807) is 0 Å². The van der Waals surface area contributed by atoms with Gasteiger partial charge in [-0.3, -0.25) is 4.90 Å². The van der Waals surface area contributed by atoms with E-state index < -0.39 is 0 Å². The number of rotatable bonds is 3. The molecule has 1 aliphatic heterocycles. The van der Waals surface area contributed by atoms with Crippen LogP contribution in [-0.4, -0.2) is 41.0 Å². The zero-order valence-corrected chi connectivity index (χ0v) is 11.1. The van der Waals surface area contributed by atoms with E-state index in [0.717, 1.165) is 44.5 Å². The summed E-state index contributed by atoms with van der Waals surface area (Å²) in [6.45, 7) is 5.47. The maximum atomic E-state index is 4.57. The molecule has 1 aromatic heterocycles. The van der Waals surface area contributed by atoms with Gasteiger partial charge >= 0.3 is 0 Å². The summed E-state index contributed by atoms with van der Waals surface area (Å²) in [6, 6.07) is 0. The first-order valence-corrected chi connectivity index (χ1v) is 7.38. The highest BCUT2D eigenvalue weighted by Crippen LogP contribution is 2.31. The van der Waals surface area contributed by atoms with Gasteiger partial charge in [-0.15, -0.1) is 0 Å². The van der Waals surface area contributed by atoms with Gasteiger partial charge < -0.3 is 10.3 Å². The highest BCUT2D eigenvalue weighted by atomic mass is 15.2. The van der Waals surface area contributed by atoms with Crippen molar-refractivity contribution in [2.45, 2.75) is 44.6 Å². The van der Waals surface area contributed by atoms with Crippen molar-refractivity contribution >= 4 is 0 Å². The molecule has 0 aromatic carbocycles. The summed E-state index contributed by atoms with van der Waals surface area (Å²) in [5.74, 6) is 1.89. The van der Waals surface area contributed by atoms with Crippen molar-refractivity contribution in [1.29, 1.82) is 0 Å². The fourth-order valence-corrected chi connectivity index (χ4v) is 3.16. The van der Waals surface area contributed by atoms with Gasteiger partial charge in [-0.25, -0.2) is 4.98 Å². The Bertz CT molecular complexity index is 362. The Morgan fingerprint density at radius 2 is 1.94 bits per heavy atom. The molecule has 0 unspecified atom stereocenters. The molecule has 0 spiro atoms. The van der Waals surface area contributed by atoms with Crippen LogP contribution < -0.4 is 5.32 Å². The van der Waals surface area contributed by atoms with Gasteiger partial charge in [0.15, 0.2) is 0 Å². The van der Waals surface area contributed by atoms with Crippen molar-refractivity contribution in [2.75, 3.05) is 26.2 Å². The van der Waals surface area contributed by atoms with E-state index in [9.17, 15) is 0 Å². The maximum absolute atomic E-state index is 4.57. The third kappa shape index (κ3) is 2.93. The first-order valence-electron chi connectivity index (χ1n) is 7.38. The molecule has 18 heavy (non-hydrogen) atoms. The zero-order chi connectivity index (χ0) is 12.2. The molecule has 0 bridgehead atoms. The van der Waals surface area contributed by atoms with E-state index in [1.807, 2.05) is 0 Å². The quantitative estimate of drug-likeness (QED) is 0.858. The van der Waals surface area contributed by atoms with Crippen molar-refractivity contribution < 1.29 is 0 Å². The van der Waals surface area contributed by atoms with Gasteiger partial charge in [-0.2, -0.15) is 0 Å². The van der Waals surface area contributed by atoms with Crippen molar-refractivity contribution in [2.24, 2.45) is 0 Å². The molecule has 1 aromatic rings. The van der Waals surface area contributed by atoms with Crippen LogP contribution in [0, 0.1) is 0 Å². The van der Waals surface area contributed by atoms with Gasteiger partial charge in [0.05, 0.1) is 6.54 Å². The van der Waals surface area contributed by atoms with Crippen molar-refractivity contribution in [3.05, 3.63) is 17.7 Å². The lowest BCUT2D eigenvalue weighted by Gasteiger charge is -2.26. The molecule has 2 fully saturated rings. The minimum Gasteiger partial charge on any atom is -0.345 e. The number of imidazole rings is 1. The van der Waals surface area contributed by atoms with Crippen molar-refractivity contribution in [1.82, 2.24) is 20.2 Å². The molecule has 2 aliphatic rings. The van der Waals surface area contributed by atoms with Crippen molar-refractivity contribution in [3.8, 4) is 0 Å². The molecule has 1 saturated carbocycles. The minimum absolute atomic E-state index is 0.739. The SMILES string of the molecule is c1nc(CN2CCNCC2)[nH]c1C1CCCCC1. The Morgan fingerprint density at radius 3 is 2.72 bits per heavy atom. The van der Waals surface area contributed by atoms with E-state index in [1.165, 1.54) is 37.8 Å². The molecule has 2 heterocycles. The van der Waals surface area contributed by atoms with E-state index in [0.29, 0.717) is 0 Å². The van der Waals surface area contributed by atoms with Gasteiger partial charge in [0, 0.05) is 44.0 Å². The van der Waals surface area contributed by atoms with Gasteiger partial charge in [-0.05, 0) is 12.8 Å². The van der Waals surface area contributed by atoms with Gasteiger partial charge in [0.1, 0.15) is 5.82 Å².